The van der Waals surface area contributed by atoms with Gasteiger partial charge in [0.25, 0.3) is 10.2 Å². The van der Waals surface area contributed by atoms with Crippen LogP contribution >= 0.6 is 0 Å². The minimum absolute atomic E-state index is 0.00684. The summed E-state index contributed by atoms with van der Waals surface area (Å²) in [6.45, 7) is 1.15. The van der Waals surface area contributed by atoms with E-state index in [0.29, 0.717) is 18.7 Å². The molecule has 0 saturated carbocycles. The van der Waals surface area contributed by atoms with Gasteiger partial charge in [-0.2, -0.15) is 17.0 Å². The third kappa shape index (κ3) is 3.63. The summed E-state index contributed by atoms with van der Waals surface area (Å²) < 4.78 is 40.1. The van der Waals surface area contributed by atoms with Gasteiger partial charge in [-0.25, -0.2) is 4.39 Å². The highest BCUT2D eigenvalue weighted by Gasteiger charge is 2.30. The molecule has 0 aromatic heterocycles. The van der Waals surface area contributed by atoms with Crippen molar-refractivity contribution >= 4 is 16.1 Å². The molecule has 0 aliphatic carbocycles. The zero-order valence-corrected chi connectivity index (χ0v) is 13.5. The standard InChI is InChI=1S/C14H20FN3O3S/c1-16(2)22(20,21)18-9-7-17(8-10-18)14(19)11-12-5-3-4-6-13(12)15/h3-6H,7-11H2,1-2H3. The zero-order valence-electron chi connectivity index (χ0n) is 12.7. The van der Waals surface area contributed by atoms with E-state index in [1.165, 1.54) is 24.5 Å². The third-order valence-corrected chi connectivity index (χ3v) is 5.62. The summed E-state index contributed by atoms with van der Waals surface area (Å²) in [5.41, 5.74) is 0.357. The van der Waals surface area contributed by atoms with Gasteiger partial charge >= 0.3 is 0 Å². The minimum atomic E-state index is -3.45. The Hall–Kier alpha value is -1.51. The maximum absolute atomic E-state index is 13.6. The van der Waals surface area contributed by atoms with Crippen LogP contribution in [-0.4, -0.2) is 68.1 Å². The van der Waals surface area contributed by atoms with E-state index in [4.69, 9.17) is 0 Å². The Morgan fingerprint density at radius 3 is 2.32 bits per heavy atom. The van der Waals surface area contributed by atoms with Gasteiger partial charge in [0.15, 0.2) is 0 Å². The van der Waals surface area contributed by atoms with Gasteiger partial charge in [-0.15, -0.1) is 0 Å². The quantitative estimate of drug-likeness (QED) is 0.799. The van der Waals surface area contributed by atoms with E-state index in [9.17, 15) is 17.6 Å². The van der Waals surface area contributed by atoms with Crippen LogP contribution in [0.2, 0.25) is 0 Å². The van der Waals surface area contributed by atoms with Crippen LogP contribution in [0.4, 0.5) is 4.39 Å². The summed E-state index contributed by atoms with van der Waals surface area (Å²) in [4.78, 5) is 13.8. The highest BCUT2D eigenvalue weighted by molar-refractivity contribution is 7.86. The van der Waals surface area contributed by atoms with Crippen molar-refractivity contribution in [1.82, 2.24) is 13.5 Å². The smallest absolute Gasteiger partial charge is 0.281 e. The molecule has 1 aromatic rings. The molecule has 0 bridgehead atoms. The number of amides is 1. The van der Waals surface area contributed by atoms with Crippen LogP contribution in [0, 0.1) is 5.82 Å². The zero-order chi connectivity index (χ0) is 16.3. The third-order valence-electron chi connectivity index (χ3n) is 3.68. The summed E-state index contributed by atoms with van der Waals surface area (Å²) in [5, 5.41) is 0. The van der Waals surface area contributed by atoms with Crippen molar-refractivity contribution in [2.24, 2.45) is 0 Å². The van der Waals surface area contributed by atoms with Crippen LogP contribution < -0.4 is 0 Å². The predicted octanol–water partition coefficient (Wildman–Crippen LogP) is 0.319. The van der Waals surface area contributed by atoms with Crippen molar-refractivity contribution in [2.75, 3.05) is 40.3 Å². The molecule has 0 radical (unpaired) electrons. The molecule has 0 atom stereocenters. The molecule has 2 rings (SSSR count). The van der Waals surface area contributed by atoms with Crippen LogP contribution in [0.3, 0.4) is 0 Å². The molecule has 1 heterocycles. The van der Waals surface area contributed by atoms with E-state index in [1.54, 1.807) is 23.1 Å². The van der Waals surface area contributed by atoms with E-state index in [1.807, 2.05) is 0 Å². The Morgan fingerprint density at radius 2 is 1.77 bits per heavy atom. The molecular formula is C14H20FN3O3S. The molecule has 0 N–H and O–H groups in total. The molecule has 6 nitrogen and oxygen atoms in total. The Morgan fingerprint density at radius 1 is 1.18 bits per heavy atom. The van der Waals surface area contributed by atoms with Crippen molar-refractivity contribution in [3.05, 3.63) is 35.6 Å². The fourth-order valence-corrected chi connectivity index (χ4v) is 3.40. The molecule has 1 amide bonds. The molecule has 1 aromatic carbocycles. The average Bonchev–Trinajstić information content (AvgIpc) is 2.49. The topological polar surface area (TPSA) is 60.9 Å². The van der Waals surface area contributed by atoms with Crippen LogP contribution in [0.1, 0.15) is 5.56 Å². The first-order valence-electron chi connectivity index (χ1n) is 7.01. The number of hydrogen-bond donors (Lipinski definition) is 0. The second-order valence-corrected chi connectivity index (χ2v) is 7.48. The normalized spacial score (nSPS) is 17.0. The maximum Gasteiger partial charge on any atom is 0.281 e. The molecule has 0 spiro atoms. The number of hydrogen-bond acceptors (Lipinski definition) is 3. The second-order valence-electron chi connectivity index (χ2n) is 5.34. The lowest BCUT2D eigenvalue weighted by Crippen LogP contribution is -2.53. The Labute approximate surface area is 130 Å². The fraction of sp³-hybridized carbons (Fsp3) is 0.500. The Balaban J connectivity index is 1.95. The van der Waals surface area contributed by atoms with Gasteiger partial charge in [0.2, 0.25) is 5.91 Å². The summed E-state index contributed by atoms with van der Waals surface area (Å²) in [7, 11) is -0.492. The van der Waals surface area contributed by atoms with Gasteiger partial charge in [-0.3, -0.25) is 4.79 Å². The first-order valence-corrected chi connectivity index (χ1v) is 8.41. The number of rotatable bonds is 4. The highest BCUT2D eigenvalue weighted by atomic mass is 32.2. The summed E-state index contributed by atoms with van der Waals surface area (Å²) in [6, 6.07) is 6.17. The van der Waals surface area contributed by atoms with Gasteiger partial charge in [0.05, 0.1) is 6.42 Å². The van der Waals surface area contributed by atoms with E-state index in [0.717, 1.165) is 4.31 Å². The molecule has 122 valence electrons. The van der Waals surface area contributed by atoms with Gasteiger partial charge < -0.3 is 4.90 Å². The molecule has 8 heteroatoms. The lowest BCUT2D eigenvalue weighted by Gasteiger charge is -2.35. The number of halogens is 1. The first-order chi connectivity index (χ1) is 10.3. The van der Waals surface area contributed by atoms with Gasteiger partial charge in [-0.1, -0.05) is 18.2 Å². The molecule has 0 unspecified atom stereocenters. The SMILES string of the molecule is CN(C)S(=O)(=O)N1CCN(C(=O)Cc2ccccc2F)CC1. The van der Waals surface area contributed by atoms with Gasteiger partial charge in [-0.05, 0) is 11.6 Å². The van der Waals surface area contributed by atoms with Gasteiger partial charge in [0.1, 0.15) is 5.82 Å². The molecule has 1 aliphatic rings. The van der Waals surface area contributed by atoms with Crippen molar-refractivity contribution in [2.45, 2.75) is 6.42 Å². The lowest BCUT2D eigenvalue weighted by molar-refractivity contribution is -0.131. The van der Waals surface area contributed by atoms with E-state index in [-0.39, 0.29) is 25.4 Å². The maximum atomic E-state index is 13.6. The Bertz CT molecular complexity index is 640. The molecular weight excluding hydrogens is 309 g/mol. The largest absolute Gasteiger partial charge is 0.340 e. The number of nitrogens with zero attached hydrogens (tertiary/aromatic N) is 3. The summed E-state index contributed by atoms with van der Waals surface area (Å²) in [6.07, 6.45) is -0.00684. The lowest BCUT2D eigenvalue weighted by atomic mass is 10.1. The number of carbonyl (C=O) groups is 1. The molecule has 22 heavy (non-hydrogen) atoms. The van der Waals surface area contributed by atoms with Gasteiger partial charge in [0, 0.05) is 40.3 Å². The van der Waals surface area contributed by atoms with Crippen LogP contribution in [0.5, 0.6) is 0 Å². The number of benzene rings is 1. The van der Waals surface area contributed by atoms with E-state index < -0.39 is 16.0 Å². The van der Waals surface area contributed by atoms with E-state index >= 15 is 0 Å². The van der Waals surface area contributed by atoms with E-state index in [2.05, 4.69) is 0 Å². The monoisotopic (exact) mass is 329 g/mol. The fourth-order valence-electron chi connectivity index (χ4n) is 2.32. The van der Waals surface area contributed by atoms with Crippen LogP contribution in [0.25, 0.3) is 0 Å². The first kappa shape index (κ1) is 16.9. The van der Waals surface area contributed by atoms with Crippen molar-refractivity contribution < 1.29 is 17.6 Å². The molecule has 1 saturated heterocycles. The summed E-state index contributed by atoms with van der Waals surface area (Å²) >= 11 is 0. The van der Waals surface area contributed by atoms with Crippen molar-refractivity contribution in [3.63, 3.8) is 0 Å². The Kier molecular flexibility index (Phi) is 5.15. The van der Waals surface area contributed by atoms with Crippen LogP contribution in [-0.2, 0) is 21.4 Å². The highest BCUT2D eigenvalue weighted by Crippen LogP contribution is 2.13. The van der Waals surface area contributed by atoms with Crippen LogP contribution in [0.15, 0.2) is 24.3 Å². The molecule has 1 aliphatic heterocycles. The number of carbonyl (C=O) groups excluding carboxylic acids is 1. The van der Waals surface area contributed by atoms with Crippen molar-refractivity contribution in [1.29, 1.82) is 0 Å². The number of piperazine rings is 1. The summed E-state index contributed by atoms with van der Waals surface area (Å²) in [5.74, 6) is -0.586. The minimum Gasteiger partial charge on any atom is -0.340 e. The second kappa shape index (κ2) is 6.72. The predicted molar refractivity (Wildman–Crippen MR) is 80.9 cm³/mol. The average molecular weight is 329 g/mol. The molecule has 1 fully saturated rings. The van der Waals surface area contributed by atoms with Crippen molar-refractivity contribution in [3.8, 4) is 0 Å².